The Morgan fingerprint density at radius 1 is 1.06 bits per heavy atom. The molecule has 0 radical (unpaired) electrons. The highest BCUT2D eigenvalue weighted by Crippen LogP contribution is 2.38. The van der Waals surface area contributed by atoms with Gasteiger partial charge in [0.2, 0.25) is 0 Å². The van der Waals surface area contributed by atoms with Crippen LogP contribution in [0.25, 0.3) is 22.2 Å². The lowest BCUT2D eigenvalue weighted by Crippen LogP contribution is -2.06. The third-order valence-corrected chi connectivity index (χ3v) is 7.14. The Kier molecular flexibility index (Phi) is 5.40. The van der Waals surface area contributed by atoms with Gasteiger partial charge in [0, 0.05) is 22.5 Å². The smallest absolute Gasteiger partial charge is 0.416 e. The maximum atomic E-state index is 13.0. The maximum Gasteiger partial charge on any atom is 0.416 e. The number of nitrogens with zero attached hydrogens (tertiary/aromatic N) is 3. The Morgan fingerprint density at radius 3 is 2.55 bits per heavy atom. The summed E-state index contributed by atoms with van der Waals surface area (Å²) in [6, 6.07) is 7.50. The molecule has 0 fully saturated rings. The number of sulfone groups is 1. The summed E-state index contributed by atoms with van der Waals surface area (Å²) in [6.45, 7) is 0. The molecule has 4 rings (SSSR count). The lowest BCUT2D eigenvalue weighted by atomic mass is 10.0. The van der Waals surface area contributed by atoms with E-state index < -0.39 is 21.6 Å². The standard InChI is InChI=1S/C20H14F3N3O3S2/c1-29-17-8-12(20(21,22)23)2-4-15(17)19-14-5-3-13(9-16(14)25-11-26-19)31(27,28)10-18-24-6-7-30-18/h2-9,11H,10H2,1H3. The Morgan fingerprint density at radius 2 is 1.87 bits per heavy atom. The second-order valence-corrected chi connectivity index (χ2v) is 9.47. The molecular formula is C20H14F3N3O3S2. The molecule has 0 aliphatic carbocycles. The van der Waals surface area contributed by atoms with Crippen LogP contribution in [0.5, 0.6) is 5.75 Å². The summed E-state index contributed by atoms with van der Waals surface area (Å²) in [5.41, 5.74) is 0.162. The van der Waals surface area contributed by atoms with E-state index in [9.17, 15) is 21.6 Å². The Balaban J connectivity index is 1.79. The first kappa shape index (κ1) is 21.2. The van der Waals surface area contributed by atoms with Crippen molar-refractivity contribution in [3.8, 4) is 17.0 Å². The Labute approximate surface area is 179 Å². The summed E-state index contributed by atoms with van der Waals surface area (Å²) in [4.78, 5) is 12.4. The molecule has 0 unspecified atom stereocenters. The fourth-order valence-electron chi connectivity index (χ4n) is 3.08. The quantitative estimate of drug-likeness (QED) is 0.423. The largest absolute Gasteiger partial charge is 0.496 e. The SMILES string of the molecule is COc1cc(C(F)(F)F)ccc1-c1ncnc2cc(S(=O)(=O)Cc3nccs3)ccc12. The first-order chi connectivity index (χ1) is 14.7. The summed E-state index contributed by atoms with van der Waals surface area (Å²) in [5, 5.41) is 2.65. The number of halogens is 3. The van der Waals surface area contributed by atoms with Crippen LogP contribution in [0.4, 0.5) is 13.2 Å². The summed E-state index contributed by atoms with van der Waals surface area (Å²) in [5.74, 6) is -0.240. The minimum atomic E-state index is -4.51. The first-order valence-electron chi connectivity index (χ1n) is 8.80. The van der Waals surface area contributed by atoms with Crippen LogP contribution in [-0.4, -0.2) is 30.5 Å². The van der Waals surface area contributed by atoms with Crippen molar-refractivity contribution < 1.29 is 26.3 Å². The molecule has 0 amide bonds. The second-order valence-electron chi connectivity index (χ2n) is 6.50. The normalized spacial score (nSPS) is 12.3. The van der Waals surface area contributed by atoms with Gasteiger partial charge in [-0.3, -0.25) is 0 Å². The number of thiazole rings is 1. The molecule has 2 aromatic heterocycles. The van der Waals surface area contributed by atoms with E-state index >= 15 is 0 Å². The van der Waals surface area contributed by atoms with Crippen molar-refractivity contribution in [1.29, 1.82) is 0 Å². The first-order valence-corrected chi connectivity index (χ1v) is 11.3. The van der Waals surface area contributed by atoms with Gasteiger partial charge in [-0.1, -0.05) is 0 Å². The van der Waals surface area contributed by atoms with Crippen LogP contribution >= 0.6 is 11.3 Å². The van der Waals surface area contributed by atoms with Gasteiger partial charge in [-0.15, -0.1) is 11.3 Å². The van der Waals surface area contributed by atoms with Gasteiger partial charge in [0.05, 0.1) is 28.8 Å². The number of methoxy groups -OCH3 is 1. The monoisotopic (exact) mass is 465 g/mol. The second kappa shape index (κ2) is 7.89. The van der Waals surface area contributed by atoms with E-state index in [1.807, 2.05) is 0 Å². The highest BCUT2D eigenvalue weighted by molar-refractivity contribution is 7.90. The molecule has 0 N–H and O–H groups in total. The van der Waals surface area contributed by atoms with Crippen LogP contribution in [0.1, 0.15) is 10.6 Å². The van der Waals surface area contributed by atoms with Crippen LogP contribution in [-0.2, 0) is 21.8 Å². The highest BCUT2D eigenvalue weighted by atomic mass is 32.2. The molecule has 0 spiro atoms. The number of hydrogen-bond donors (Lipinski definition) is 0. The number of fused-ring (bicyclic) bond motifs is 1. The molecule has 0 aliphatic rings. The molecule has 0 saturated carbocycles. The van der Waals surface area contributed by atoms with Crippen LogP contribution in [0.2, 0.25) is 0 Å². The predicted molar refractivity (Wildman–Crippen MR) is 110 cm³/mol. The van der Waals surface area contributed by atoms with E-state index in [1.165, 1.54) is 55.2 Å². The van der Waals surface area contributed by atoms with Gasteiger partial charge in [0.1, 0.15) is 22.8 Å². The van der Waals surface area contributed by atoms with E-state index in [-0.39, 0.29) is 16.4 Å². The van der Waals surface area contributed by atoms with E-state index in [2.05, 4.69) is 15.0 Å². The van der Waals surface area contributed by atoms with Crippen molar-refractivity contribution >= 4 is 32.1 Å². The summed E-state index contributed by atoms with van der Waals surface area (Å²) in [6.07, 6.45) is -1.75. The maximum absolute atomic E-state index is 13.0. The van der Waals surface area contributed by atoms with E-state index in [1.54, 1.807) is 5.38 Å². The van der Waals surface area contributed by atoms with Gasteiger partial charge < -0.3 is 4.74 Å². The third kappa shape index (κ3) is 4.23. The van der Waals surface area contributed by atoms with Crippen LogP contribution < -0.4 is 4.74 Å². The third-order valence-electron chi connectivity index (χ3n) is 4.55. The van der Waals surface area contributed by atoms with Gasteiger partial charge in [-0.05, 0) is 36.4 Å². The average molecular weight is 465 g/mol. The predicted octanol–water partition coefficient (Wildman–Crippen LogP) is 4.75. The molecule has 0 atom stereocenters. The molecule has 31 heavy (non-hydrogen) atoms. The Bertz CT molecular complexity index is 1360. The number of aromatic nitrogens is 3. The lowest BCUT2D eigenvalue weighted by Gasteiger charge is -2.14. The van der Waals surface area contributed by atoms with Crippen molar-refractivity contribution in [1.82, 2.24) is 15.0 Å². The van der Waals surface area contributed by atoms with Crippen LogP contribution in [0, 0.1) is 0 Å². The van der Waals surface area contributed by atoms with Crippen molar-refractivity contribution in [2.75, 3.05) is 7.11 Å². The number of hydrogen-bond acceptors (Lipinski definition) is 7. The van der Waals surface area contributed by atoms with E-state index in [4.69, 9.17) is 4.74 Å². The minimum Gasteiger partial charge on any atom is -0.496 e. The van der Waals surface area contributed by atoms with Crippen LogP contribution in [0.15, 0.2) is 59.2 Å². The minimum absolute atomic E-state index is 0.00436. The van der Waals surface area contributed by atoms with E-state index in [0.29, 0.717) is 27.2 Å². The molecule has 2 aromatic carbocycles. The summed E-state index contributed by atoms with van der Waals surface area (Å²) in [7, 11) is -2.38. The number of benzene rings is 2. The van der Waals surface area contributed by atoms with Crippen LogP contribution in [0.3, 0.4) is 0 Å². The molecule has 6 nitrogen and oxygen atoms in total. The zero-order valence-electron chi connectivity index (χ0n) is 15.9. The van der Waals surface area contributed by atoms with Gasteiger partial charge >= 0.3 is 6.18 Å². The average Bonchev–Trinajstić information content (AvgIpc) is 3.24. The zero-order valence-corrected chi connectivity index (χ0v) is 17.6. The fourth-order valence-corrected chi connectivity index (χ4v) is 5.35. The molecule has 160 valence electrons. The molecule has 4 aromatic rings. The van der Waals surface area contributed by atoms with Crippen molar-refractivity contribution in [3.05, 3.63) is 64.9 Å². The van der Waals surface area contributed by atoms with Crippen molar-refractivity contribution in [2.24, 2.45) is 0 Å². The molecule has 0 aliphatic heterocycles. The van der Waals surface area contributed by atoms with Gasteiger partial charge in [0.15, 0.2) is 9.84 Å². The molecule has 0 bridgehead atoms. The number of alkyl halides is 3. The highest BCUT2D eigenvalue weighted by Gasteiger charge is 2.31. The molecule has 0 saturated heterocycles. The molecule has 11 heteroatoms. The number of rotatable bonds is 5. The van der Waals surface area contributed by atoms with Gasteiger partial charge in [0.25, 0.3) is 0 Å². The molecular weight excluding hydrogens is 451 g/mol. The van der Waals surface area contributed by atoms with Crippen molar-refractivity contribution in [2.45, 2.75) is 16.8 Å². The summed E-state index contributed by atoms with van der Waals surface area (Å²) < 4.78 is 69.7. The zero-order chi connectivity index (χ0) is 22.2. The van der Waals surface area contributed by atoms with E-state index in [0.717, 1.165) is 12.1 Å². The number of ether oxygens (including phenoxy) is 1. The molecule has 2 heterocycles. The van der Waals surface area contributed by atoms with Gasteiger partial charge in [-0.25, -0.2) is 23.4 Å². The topological polar surface area (TPSA) is 82.0 Å². The lowest BCUT2D eigenvalue weighted by molar-refractivity contribution is -0.137. The fraction of sp³-hybridized carbons (Fsp3) is 0.150. The summed E-state index contributed by atoms with van der Waals surface area (Å²) >= 11 is 1.24. The van der Waals surface area contributed by atoms with Gasteiger partial charge in [-0.2, -0.15) is 13.2 Å². The Hall–Kier alpha value is -3.05. The van der Waals surface area contributed by atoms with Crippen molar-refractivity contribution in [3.63, 3.8) is 0 Å².